The molecule has 1 aliphatic rings. The molecule has 2 heteroatoms. The van der Waals surface area contributed by atoms with Crippen molar-refractivity contribution in [2.45, 2.75) is 46.1 Å². The maximum atomic E-state index is 4.18. The molecule has 0 bridgehead atoms. The highest BCUT2D eigenvalue weighted by molar-refractivity contribution is 5.41. The average Bonchev–Trinajstić information content (AvgIpc) is 2.30. The van der Waals surface area contributed by atoms with Crippen LogP contribution in [0.25, 0.3) is 0 Å². The highest BCUT2D eigenvalue weighted by Gasteiger charge is 2.30. The molecule has 1 fully saturated rings. The Bertz CT molecular complexity index is 334. The number of pyridine rings is 1. The summed E-state index contributed by atoms with van der Waals surface area (Å²) in [7, 11) is 0. The second-order valence-electron chi connectivity index (χ2n) is 5.82. The fourth-order valence-electron chi connectivity index (χ4n) is 3.03. The summed E-state index contributed by atoms with van der Waals surface area (Å²) in [6, 6.07) is 4.73. The van der Waals surface area contributed by atoms with Crippen molar-refractivity contribution in [1.29, 1.82) is 0 Å². The van der Waals surface area contributed by atoms with Crippen LogP contribution in [0.2, 0.25) is 0 Å². The van der Waals surface area contributed by atoms with Crippen molar-refractivity contribution >= 4 is 5.69 Å². The molecule has 94 valence electrons. The van der Waals surface area contributed by atoms with Gasteiger partial charge < -0.3 is 5.32 Å². The first kappa shape index (κ1) is 12.4. The third-order valence-electron chi connectivity index (χ3n) is 4.04. The highest BCUT2D eigenvalue weighted by atomic mass is 14.9. The Kier molecular flexibility index (Phi) is 4.03. The molecule has 1 aromatic heterocycles. The number of rotatable bonds is 3. The van der Waals surface area contributed by atoms with Crippen molar-refractivity contribution < 1.29 is 0 Å². The molecule has 1 N–H and O–H groups in total. The van der Waals surface area contributed by atoms with Gasteiger partial charge in [-0.15, -0.1) is 0 Å². The van der Waals surface area contributed by atoms with Crippen LogP contribution in [-0.2, 0) is 0 Å². The molecule has 0 radical (unpaired) electrons. The maximum Gasteiger partial charge on any atom is 0.0528 e. The molecule has 0 spiro atoms. The first-order valence-electron chi connectivity index (χ1n) is 6.83. The zero-order chi connectivity index (χ0) is 12.3. The zero-order valence-electron chi connectivity index (χ0n) is 11.2. The Balaban J connectivity index is 2.05. The Morgan fingerprint density at radius 3 is 2.82 bits per heavy atom. The van der Waals surface area contributed by atoms with E-state index in [0.717, 1.165) is 23.4 Å². The van der Waals surface area contributed by atoms with E-state index < -0.39 is 0 Å². The fourth-order valence-corrected chi connectivity index (χ4v) is 3.03. The van der Waals surface area contributed by atoms with Crippen molar-refractivity contribution in [2.24, 2.45) is 17.8 Å². The SMILES string of the molecule is CC1CCC(C(C)C)C(Nc2cccnc2)C1. The highest BCUT2D eigenvalue weighted by Crippen LogP contribution is 2.35. The van der Waals surface area contributed by atoms with Gasteiger partial charge >= 0.3 is 0 Å². The van der Waals surface area contributed by atoms with Gasteiger partial charge in [0, 0.05) is 18.4 Å². The van der Waals surface area contributed by atoms with Crippen LogP contribution in [-0.4, -0.2) is 11.0 Å². The summed E-state index contributed by atoms with van der Waals surface area (Å²) in [5.74, 6) is 2.40. The molecule has 2 nitrogen and oxygen atoms in total. The van der Waals surface area contributed by atoms with Gasteiger partial charge in [0.05, 0.1) is 5.69 Å². The van der Waals surface area contributed by atoms with Gasteiger partial charge in [-0.2, -0.15) is 0 Å². The Labute approximate surface area is 105 Å². The lowest BCUT2D eigenvalue weighted by Gasteiger charge is -2.38. The van der Waals surface area contributed by atoms with Gasteiger partial charge in [0.2, 0.25) is 0 Å². The number of hydrogen-bond donors (Lipinski definition) is 1. The molecule has 2 rings (SSSR count). The molecule has 1 aliphatic carbocycles. The van der Waals surface area contributed by atoms with Gasteiger partial charge in [0.1, 0.15) is 0 Å². The lowest BCUT2D eigenvalue weighted by Crippen LogP contribution is -2.37. The summed E-state index contributed by atoms with van der Waals surface area (Å²) >= 11 is 0. The second-order valence-corrected chi connectivity index (χ2v) is 5.82. The molecule has 0 aromatic carbocycles. The number of nitrogens with zero attached hydrogens (tertiary/aromatic N) is 1. The topological polar surface area (TPSA) is 24.9 Å². The molecule has 0 aliphatic heterocycles. The summed E-state index contributed by atoms with van der Waals surface area (Å²) in [5.41, 5.74) is 1.16. The van der Waals surface area contributed by atoms with Crippen LogP contribution in [0.1, 0.15) is 40.0 Å². The van der Waals surface area contributed by atoms with Crippen molar-refractivity contribution in [1.82, 2.24) is 4.98 Å². The van der Waals surface area contributed by atoms with E-state index in [1.54, 1.807) is 0 Å². The van der Waals surface area contributed by atoms with Gasteiger partial charge in [-0.1, -0.05) is 27.2 Å². The Morgan fingerprint density at radius 2 is 2.18 bits per heavy atom. The number of hydrogen-bond acceptors (Lipinski definition) is 2. The van der Waals surface area contributed by atoms with E-state index >= 15 is 0 Å². The monoisotopic (exact) mass is 232 g/mol. The molecule has 1 heterocycles. The molecule has 0 amide bonds. The van der Waals surface area contributed by atoms with Crippen LogP contribution in [0.5, 0.6) is 0 Å². The van der Waals surface area contributed by atoms with E-state index in [1.807, 2.05) is 18.5 Å². The summed E-state index contributed by atoms with van der Waals surface area (Å²) in [4.78, 5) is 4.18. The summed E-state index contributed by atoms with van der Waals surface area (Å²) < 4.78 is 0. The van der Waals surface area contributed by atoms with Crippen molar-refractivity contribution in [3.8, 4) is 0 Å². The number of nitrogens with one attached hydrogen (secondary N) is 1. The van der Waals surface area contributed by atoms with Crippen molar-refractivity contribution in [2.75, 3.05) is 5.32 Å². The van der Waals surface area contributed by atoms with E-state index in [4.69, 9.17) is 0 Å². The molecular weight excluding hydrogens is 208 g/mol. The van der Waals surface area contributed by atoms with E-state index in [1.165, 1.54) is 19.3 Å². The molecule has 1 aromatic rings. The minimum atomic E-state index is 0.614. The van der Waals surface area contributed by atoms with Crippen LogP contribution in [0, 0.1) is 17.8 Å². The molecular formula is C15H24N2. The first-order valence-corrected chi connectivity index (χ1v) is 6.83. The van der Waals surface area contributed by atoms with Crippen LogP contribution >= 0.6 is 0 Å². The van der Waals surface area contributed by atoms with Gasteiger partial charge in [0.25, 0.3) is 0 Å². The zero-order valence-corrected chi connectivity index (χ0v) is 11.2. The normalized spacial score (nSPS) is 29.3. The third kappa shape index (κ3) is 3.21. The third-order valence-corrected chi connectivity index (χ3v) is 4.04. The van der Waals surface area contributed by atoms with E-state index in [-0.39, 0.29) is 0 Å². The summed E-state index contributed by atoms with van der Waals surface area (Å²) in [6.07, 6.45) is 7.79. The molecule has 3 atom stereocenters. The summed E-state index contributed by atoms with van der Waals surface area (Å²) in [6.45, 7) is 7.06. The predicted octanol–water partition coefficient (Wildman–Crippen LogP) is 3.95. The largest absolute Gasteiger partial charge is 0.381 e. The van der Waals surface area contributed by atoms with Crippen molar-refractivity contribution in [3.63, 3.8) is 0 Å². The lowest BCUT2D eigenvalue weighted by molar-refractivity contribution is 0.212. The van der Waals surface area contributed by atoms with Crippen LogP contribution in [0.3, 0.4) is 0 Å². The van der Waals surface area contributed by atoms with Gasteiger partial charge in [-0.3, -0.25) is 4.98 Å². The van der Waals surface area contributed by atoms with Gasteiger partial charge in [0.15, 0.2) is 0 Å². The van der Waals surface area contributed by atoms with Gasteiger partial charge in [-0.25, -0.2) is 0 Å². The predicted molar refractivity (Wildman–Crippen MR) is 73.0 cm³/mol. The quantitative estimate of drug-likeness (QED) is 0.853. The van der Waals surface area contributed by atoms with Crippen LogP contribution in [0.15, 0.2) is 24.5 Å². The molecule has 1 saturated carbocycles. The smallest absolute Gasteiger partial charge is 0.0528 e. The molecule has 0 saturated heterocycles. The summed E-state index contributed by atoms with van der Waals surface area (Å²) in [5, 5.41) is 3.68. The number of anilines is 1. The minimum absolute atomic E-state index is 0.614. The van der Waals surface area contributed by atoms with E-state index in [2.05, 4.69) is 37.1 Å². The van der Waals surface area contributed by atoms with Gasteiger partial charge in [-0.05, 0) is 42.7 Å². The average molecular weight is 232 g/mol. The molecule has 3 unspecified atom stereocenters. The first-order chi connectivity index (χ1) is 8.16. The van der Waals surface area contributed by atoms with Crippen LogP contribution in [0.4, 0.5) is 5.69 Å². The Morgan fingerprint density at radius 1 is 1.35 bits per heavy atom. The van der Waals surface area contributed by atoms with Crippen LogP contribution < -0.4 is 5.32 Å². The fraction of sp³-hybridized carbons (Fsp3) is 0.667. The molecule has 17 heavy (non-hydrogen) atoms. The van der Waals surface area contributed by atoms with Crippen molar-refractivity contribution in [3.05, 3.63) is 24.5 Å². The number of aromatic nitrogens is 1. The minimum Gasteiger partial charge on any atom is -0.381 e. The maximum absolute atomic E-state index is 4.18. The van der Waals surface area contributed by atoms with E-state index in [9.17, 15) is 0 Å². The van der Waals surface area contributed by atoms with E-state index in [0.29, 0.717) is 6.04 Å². The second kappa shape index (κ2) is 5.52. The standard InChI is InChI=1S/C15H24N2/c1-11(2)14-7-6-12(3)9-15(14)17-13-5-4-8-16-10-13/h4-5,8,10-12,14-15,17H,6-7,9H2,1-3H3. The lowest BCUT2D eigenvalue weighted by atomic mass is 9.74. The Hall–Kier alpha value is -1.05.